The Kier molecular flexibility index (Phi) is 4.82. The van der Waals surface area contributed by atoms with E-state index in [9.17, 15) is 9.59 Å². The van der Waals surface area contributed by atoms with Crippen LogP contribution in [0.25, 0.3) is 5.69 Å². The Morgan fingerprint density at radius 1 is 1.14 bits per heavy atom. The molecular formula is C24H25N3O2. The van der Waals surface area contributed by atoms with Crippen LogP contribution in [0.5, 0.6) is 0 Å². The maximum atomic E-state index is 13.4. The number of hydrogen-bond donors (Lipinski definition) is 1. The fourth-order valence-electron chi connectivity index (χ4n) is 3.96. The molecule has 0 radical (unpaired) electrons. The van der Waals surface area contributed by atoms with Gasteiger partial charge in [0.1, 0.15) is 5.82 Å². The molecule has 5 nitrogen and oxygen atoms in total. The van der Waals surface area contributed by atoms with Crippen molar-refractivity contribution in [3.63, 3.8) is 0 Å². The van der Waals surface area contributed by atoms with Gasteiger partial charge >= 0.3 is 0 Å². The number of benzene rings is 2. The van der Waals surface area contributed by atoms with Crippen molar-refractivity contribution in [2.24, 2.45) is 0 Å². The smallest absolute Gasteiger partial charge is 0.226 e. The average molecular weight is 387 g/mol. The molecule has 1 N–H and O–H groups in total. The fraction of sp³-hybridized carbons (Fsp3) is 0.292. The number of carbonyl (C=O) groups excluding carboxylic acids is 2. The van der Waals surface area contributed by atoms with Gasteiger partial charge in [-0.05, 0) is 62.1 Å². The van der Waals surface area contributed by atoms with E-state index in [1.807, 2.05) is 51.1 Å². The van der Waals surface area contributed by atoms with Crippen LogP contribution in [-0.2, 0) is 11.2 Å². The summed E-state index contributed by atoms with van der Waals surface area (Å²) in [6.45, 7) is 8.02. The van der Waals surface area contributed by atoms with Crippen LogP contribution in [0.2, 0.25) is 0 Å². The molecule has 4 rings (SSSR count). The Bertz CT molecular complexity index is 1130. The highest BCUT2D eigenvalue weighted by atomic mass is 16.2. The lowest BCUT2D eigenvalue weighted by atomic mass is 9.85. The number of amides is 1. The molecule has 2 aromatic carbocycles. The van der Waals surface area contributed by atoms with Gasteiger partial charge < -0.3 is 5.32 Å². The van der Waals surface area contributed by atoms with Gasteiger partial charge in [0.05, 0.1) is 17.3 Å². The van der Waals surface area contributed by atoms with Crippen molar-refractivity contribution in [2.45, 2.75) is 46.5 Å². The highest BCUT2D eigenvalue weighted by Gasteiger charge is 2.36. The molecule has 3 aromatic rings. The number of nitrogens with one attached hydrogen (secondary N) is 1. The van der Waals surface area contributed by atoms with Gasteiger partial charge in [-0.2, -0.15) is 5.10 Å². The minimum atomic E-state index is -0.524. The Balaban J connectivity index is 1.81. The van der Waals surface area contributed by atoms with Gasteiger partial charge in [0, 0.05) is 17.5 Å². The summed E-state index contributed by atoms with van der Waals surface area (Å²) in [5.74, 6) is -0.111. The first kappa shape index (κ1) is 19.1. The quantitative estimate of drug-likeness (QED) is 0.662. The summed E-state index contributed by atoms with van der Waals surface area (Å²) in [5, 5.41) is 7.63. The third-order valence-corrected chi connectivity index (χ3v) is 5.77. The number of nitrogens with zero attached hydrogens (tertiary/aromatic N) is 2. The molecule has 0 bridgehead atoms. The van der Waals surface area contributed by atoms with E-state index in [4.69, 9.17) is 0 Å². The third kappa shape index (κ3) is 3.37. The van der Waals surface area contributed by atoms with Crippen molar-refractivity contribution in [1.29, 1.82) is 0 Å². The first-order chi connectivity index (χ1) is 13.9. The van der Waals surface area contributed by atoms with E-state index in [2.05, 4.69) is 29.5 Å². The highest BCUT2D eigenvalue weighted by Crippen LogP contribution is 2.38. The second kappa shape index (κ2) is 7.32. The van der Waals surface area contributed by atoms with Crippen molar-refractivity contribution in [3.8, 4) is 5.69 Å². The summed E-state index contributed by atoms with van der Waals surface area (Å²) < 4.78 is 1.75. The molecule has 0 fully saturated rings. The molecule has 29 heavy (non-hydrogen) atoms. The molecule has 5 heteroatoms. The predicted molar refractivity (Wildman–Crippen MR) is 114 cm³/mol. The van der Waals surface area contributed by atoms with Crippen LogP contribution in [-0.4, -0.2) is 21.5 Å². The minimum absolute atomic E-state index is 0.0332. The molecule has 0 saturated heterocycles. The van der Waals surface area contributed by atoms with Crippen molar-refractivity contribution in [1.82, 2.24) is 9.78 Å². The van der Waals surface area contributed by atoms with E-state index in [1.54, 1.807) is 4.68 Å². The Hall–Kier alpha value is -3.21. The van der Waals surface area contributed by atoms with Crippen LogP contribution in [0, 0.1) is 20.8 Å². The van der Waals surface area contributed by atoms with Gasteiger partial charge in [-0.3, -0.25) is 9.59 Å². The summed E-state index contributed by atoms with van der Waals surface area (Å²) in [6.07, 6.45) is 1.05. The molecule has 1 aromatic heterocycles. The van der Waals surface area contributed by atoms with Crippen LogP contribution < -0.4 is 5.32 Å². The van der Waals surface area contributed by atoms with E-state index >= 15 is 0 Å². The number of fused-ring (bicyclic) bond motifs is 1. The Morgan fingerprint density at radius 3 is 2.66 bits per heavy atom. The summed E-state index contributed by atoms with van der Waals surface area (Å²) in [6, 6.07) is 13.8. The van der Waals surface area contributed by atoms with Crippen LogP contribution in [0.4, 0.5) is 5.82 Å². The lowest BCUT2D eigenvalue weighted by Gasteiger charge is -2.23. The number of Topliss-reactive ketones (excluding diaryl/α,β-unsaturated/α-hetero) is 1. The number of rotatable bonds is 4. The molecule has 1 atom stereocenters. The number of ketones is 1. The summed E-state index contributed by atoms with van der Waals surface area (Å²) in [5.41, 5.74) is 6.50. The monoisotopic (exact) mass is 387 g/mol. The number of aromatic nitrogens is 2. The molecule has 148 valence electrons. The zero-order chi connectivity index (χ0) is 20.7. The Labute approximate surface area is 170 Å². The van der Waals surface area contributed by atoms with Crippen molar-refractivity contribution >= 4 is 17.5 Å². The standard InChI is InChI=1S/C24H25N3O2/c1-5-17-7-6-8-19(12-17)27-24-22(16(4)26-27)20(13-21(28)25-24)23(29)18-10-9-14(2)15(3)11-18/h6-12,20H,5,13H2,1-4H3,(H,25,28)/t20-/m0/s1. The summed E-state index contributed by atoms with van der Waals surface area (Å²) in [4.78, 5) is 25.9. The SMILES string of the molecule is CCc1cccc(-n2nc(C)c3c2NC(=O)C[C@@H]3C(=O)c2ccc(C)c(C)c2)c1. The van der Waals surface area contributed by atoms with E-state index in [1.165, 1.54) is 5.56 Å². The lowest BCUT2D eigenvalue weighted by Crippen LogP contribution is -2.28. The molecule has 0 unspecified atom stereocenters. The van der Waals surface area contributed by atoms with Gasteiger partial charge in [-0.15, -0.1) is 0 Å². The normalized spacial score (nSPS) is 15.7. The average Bonchev–Trinajstić information content (AvgIpc) is 3.05. The van der Waals surface area contributed by atoms with Crippen LogP contribution >= 0.6 is 0 Å². The van der Waals surface area contributed by atoms with Crippen LogP contribution in [0.1, 0.15) is 57.6 Å². The maximum Gasteiger partial charge on any atom is 0.226 e. The van der Waals surface area contributed by atoms with E-state index in [0.29, 0.717) is 11.4 Å². The third-order valence-electron chi connectivity index (χ3n) is 5.77. The Morgan fingerprint density at radius 2 is 1.93 bits per heavy atom. The largest absolute Gasteiger partial charge is 0.310 e. The maximum absolute atomic E-state index is 13.4. The van der Waals surface area contributed by atoms with Gasteiger partial charge in [0.2, 0.25) is 5.91 Å². The number of aryl methyl sites for hydroxylation is 4. The van der Waals surface area contributed by atoms with Gasteiger partial charge in [0.15, 0.2) is 5.78 Å². The van der Waals surface area contributed by atoms with Gasteiger partial charge in [0.25, 0.3) is 0 Å². The number of hydrogen-bond acceptors (Lipinski definition) is 3. The second-order valence-electron chi connectivity index (χ2n) is 7.75. The molecule has 1 aliphatic heterocycles. The van der Waals surface area contributed by atoms with Crippen molar-refractivity contribution < 1.29 is 9.59 Å². The zero-order valence-corrected chi connectivity index (χ0v) is 17.2. The number of carbonyl (C=O) groups is 2. The van der Waals surface area contributed by atoms with E-state index in [-0.39, 0.29) is 18.1 Å². The molecule has 0 spiro atoms. The highest BCUT2D eigenvalue weighted by molar-refractivity contribution is 6.08. The van der Waals surface area contributed by atoms with E-state index in [0.717, 1.165) is 34.5 Å². The lowest BCUT2D eigenvalue weighted by molar-refractivity contribution is -0.116. The summed E-state index contributed by atoms with van der Waals surface area (Å²) in [7, 11) is 0. The molecule has 0 saturated carbocycles. The molecule has 1 amide bonds. The topological polar surface area (TPSA) is 64.0 Å². The molecule has 2 heterocycles. The van der Waals surface area contributed by atoms with Crippen LogP contribution in [0.15, 0.2) is 42.5 Å². The molecular weight excluding hydrogens is 362 g/mol. The zero-order valence-electron chi connectivity index (χ0n) is 17.2. The summed E-state index contributed by atoms with van der Waals surface area (Å²) >= 11 is 0. The first-order valence-corrected chi connectivity index (χ1v) is 9.99. The van der Waals surface area contributed by atoms with Crippen LogP contribution in [0.3, 0.4) is 0 Å². The molecule has 1 aliphatic rings. The predicted octanol–water partition coefficient (Wildman–Crippen LogP) is 4.67. The fourth-order valence-corrected chi connectivity index (χ4v) is 3.96. The number of anilines is 1. The minimum Gasteiger partial charge on any atom is -0.310 e. The van der Waals surface area contributed by atoms with Gasteiger partial charge in [-0.25, -0.2) is 4.68 Å². The van der Waals surface area contributed by atoms with E-state index < -0.39 is 5.92 Å². The first-order valence-electron chi connectivity index (χ1n) is 9.99. The second-order valence-corrected chi connectivity index (χ2v) is 7.75. The van der Waals surface area contributed by atoms with Crippen molar-refractivity contribution in [3.05, 3.63) is 76.0 Å². The van der Waals surface area contributed by atoms with Crippen molar-refractivity contribution in [2.75, 3.05) is 5.32 Å². The molecule has 0 aliphatic carbocycles. The van der Waals surface area contributed by atoms with Gasteiger partial charge in [-0.1, -0.05) is 31.2 Å².